The fraction of sp³-hybridized carbons (Fsp3) is 0.462. The Morgan fingerprint density at radius 1 is 1.22 bits per heavy atom. The topological polar surface area (TPSA) is 45.7 Å². The molecule has 102 valence electrons. The number of nitrogens with one attached hydrogen (secondary N) is 2. The number of benzene rings is 1. The molecule has 1 rings (SSSR count). The van der Waals surface area contributed by atoms with Crippen LogP contribution in [0.5, 0.6) is 5.75 Å². The van der Waals surface area contributed by atoms with Gasteiger partial charge < -0.3 is 15.4 Å². The number of hydrogen-bond donors (Lipinski definition) is 2. The number of nitrogens with zero attached hydrogens (tertiary/aromatic N) is 1. The summed E-state index contributed by atoms with van der Waals surface area (Å²) in [5.74, 6) is 1.69. The Morgan fingerprint density at radius 3 is 2.33 bits per heavy atom. The first-order chi connectivity index (χ1) is 8.15. The third-order valence-electron chi connectivity index (χ3n) is 2.32. The molecule has 4 nitrogen and oxygen atoms in total. The summed E-state index contributed by atoms with van der Waals surface area (Å²) in [7, 11) is 3.57. The minimum Gasteiger partial charge on any atom is -0.492 e. The van der Waals surface area contributed by atoms with Gasteiger partial charge in [0.25, 0.3) is 0 Å². The maximum Gasteiger partial charge on any atom is 0.190 e. The second-order valence-corrected chi connectivity index (χ2v) is 3.92. The van der Waals surface area contributed by atoms with E-state index in [4.69, 9.17) is 4.74 Å². The third kappa shape index (κ3) is 6.09. The fourth-order valence-electron chi connectivity index (χ4n) is 1.63. The van der Waals surface area contributed by atoms with Crippen LogP contribution in [0.4, 0.5) is 0 Å². The van der Waals surface area contributed by atoms with Crippen LogP contribution in [-0.2, 0) is 0 Å². The van der Waals surface area contributed by atoms with Crippen molar-refractivity contribution in [2.24, 2.45) is 4.99 Å². The number of aryl methyl sites for hydroxylation is 2. The van der Waals surface area contributed by atoms with Crippen molar-refractivity contribution in [1.29, 1.82) is 0 Å². The maximum atomic E-state index is 5.66. The van der Waals surface area contributed by atoms with Gasteiger partial charge in [-0.25, -0.2) is 0 Å². The van der Waals surface area contributed by atoms with E-state index in [0.29, 0.717) is 6.61 Å². The lowest BCUT2D eigenvalue weighted by Crippen LogP contribution is -2.37. The molecular formula is C13H22IN3O. The second kappa shape index (κ2) is 9.02. The maximum absolute atomic E-state index is 5.66. The number of guanidine groups is 1. The van der Waals surface area contributed by atoms with Crippen molar-refractivity contribution in [3.8, 4) is 5.75 Å². The summed E-state index contributed by atoms with van der Waals surface area (Å²) in [4.78, 5) is 4.02. The molecule has 0 amide bonds. The summed E-state index contributed by atoms with van der Waals surface area (Å²) in [6.45, 7) is 5.48. The first-order valence-electron chi connectivity index (χ1n) is 5.75. The highest BCUT2D eigenvalue weighted by Crippen LogP contribution is 2.15. The lowest BCUT2D eigenvalue weighted by Gasteiger charge is -2.10. The van der Waals surface area contributed by atoms with Gasteiger partial charge in [0.1, 0.15) is 12.4 Å². The van der Waals surface area contributed by atoms with Crippen molar-refractivity contribution < 1.29 is 4.74 Å². The molecule has 0 radical (unpaired) electrons. The summed E-state index contributed by atoms with van der Waals surface area (Å²) < 4.78 is 5.66. The van der Waals surface area contributed by atoms with Crippen LogP contribution in [0, 0.1) is 13.8 Å². The molecule has 5 heteroatoms. The van der Waals surface area contributed by atoms with Crippen LogP contribution < -0.4 is 15.4 Å². The van der Waals surface area contributed by atoms with E-state index < -0.39 is 0 Å². The Kier molecular flexibility index (Phi) is 8.53. The van der Waals surface area contributed by atoms with Crippen molar-refractivity contribution in [2.75, 3.05) is 27.2 Å². The molecule has 0 aliphatic rings. The van der Waals surface area contributed by atoms with Gasteiger partial charge in [0, 0.05) is 14.1 Å². The number of ether oxygens (including phenoxy) is 1. The zero-order valence-electron chi connectivity index (χ0n) is 11.4. The monoisotopic (exact) mass is 363 g/mol. The van der Waals surface area contributed by atoms with Crippen molar-refractivity contribution in [3.05, 3.63) is 29.3 Å². The highest BCUT2D eigenvalue weighted by atomic mass is 127. The van der Waals surface area contributed by atoms with Crippen molar-refractivity contribution in [1.82, 2.24) is 10.6 Å². The lowest BCUT2D eigenvalue weighted by molar-refractivity contribution is 0.321. The van der Waals surface area contributed by atoms with E-state index in [2.05, 4.69) is 35.5 Å². The molecule has 0 bridgehead atoms. The van der Waals surface area contributed by atoms with E-state index in [1.54, 1.807) is 7.05 Å². The quantitative estimate of drug-likeness (QED) is 0.373. The summed E-state index contributed by atoms with van der Waals surface area (Å²) in [5, 5.41) is 6.08. The minimum atomic E-state index is 0. The Hall–Kier alpha value is -0.980. The SMILES string of the molecule is CN=C(NC)NCCOc1cc(C)cc(C)c1.I. The average Bonchev–Trinajstić information content (AvgIpc) is 2.28. The van der Waals surface area contributed by atoms with Gasteiger partial charge in [-0.15, -0.1) is 24.0 Å². The fourth-order valence-corrected chi connectivity index (χ4v) is 1.63. The van der Waals surface area contributed by atoms with Gasteiger partial charge in [-0.2, -0.15) is 0 Å². The largest absolute Gasteiger partial charge is 0.492 e. The van der Waals surface area contributed by atoms with E-state index in [1.165, 1.54) is 11.1 Å². The zero-order chi connectivity index (χ0) is 12.7. The summed E-state index contributed by atoms with van der Waals surface area (Å²) in [5.41, 5.74) is 2.44. The van der Waals surface area contributed by atoms with Crippen LogP contribution in [-0.4, -0.2) is 33.2 Å². The first-order valence-corrected chi connectivity index (χ1v) is 5.75. The van der Waals surface area contributed by atoms with Crippen LogP contribution >= 0.6 is 24.0 Å². The summed E-state index contributed by atoms with van der Waals surface area (Å²) in [6, 6.07) is 6.22. The number of aliphatic imine (C=N–C) groups is 1. The Morgan fingerprint density at radius 2 is 1.83 bits per heavy atom. The van der Waals surface area contributed by atoms with E-state index in [-0.39, 0.29) is 24.0 Å². The number of halogens is 1. The Bertz CT molecular complexity index is 374. The molecule has 0 aliphatic carbocycles. The zero-order valence-corrected chi connectivity index (χ0v) is 13.7. The molecule has 0 atom stereocenters. The van der Waals surface area contributed by atoms with Crippen LogP contribution in [0.15, 0.2) is 23.2 Å². The minimum absolute atomic E-state index is 0. The predicted octanol–water partition coefficient (Wildman–Crippen LogP) is 2.10. The molecule has 0 saturated carbocycles. The molecule has 18 heavy (non-hydrogen) atoms. The van der Waals surface area contributed by atoms with E-state index in [0.717, 1.165) is 18.3 Å². The van der Waals surface area contributed by atoms with Gasteiger partial charge in [-0.05, 0) is 37.1 Å². The Balaban J connectivity index is 0.00000289. The molecule has 0 heterocycles. The van der Waals surface area contributed by atoms with Crippen LogP contribution in [0.3, 0.4) is 0 Å². The molecular weight excluding hydrogens is 341 g/mol. The standard InChI is InChI=1S/C13H21N3O.HI/c1-10-7-11(2)9-12(8-10)17-6-5-16-13(14-3)15-4;/h7-9H,5-6H2,1-4H3,(H2,14,15,16);1H. The van der Waals surface area contributed by atoms with Gasteiger partial charge in [-0.1, -0.05) is 6.07 Å². The molecule has 0 aliphatic heterocycles. The number of hydrogen-bond acceptors (Lipinski definition) is 2. The molecule has 0 spiro atoms. The Labute approximate surface area is 126 Å². The highest BCUT2D eigenvalue weighted by Gasteiger charge is 1.97. The van der Waals surface area contributed by atoms with Gasteiger partial charge in [0.15, 0.2) is 5.96 Å². The summed E-state index contributed by atoms with van der Waals surface area (Å²) >= 11 is 0. The van der Waals surface area contributed by atoms with E-state index in [1.807, 2.05) is 19.2 Å². The summed E-state index contributed by atoms with van der Waals surface area (Å²) in [6.07, 6.45) is 0. The molecule has 2 N–H and O–H groups in total. The van der Waals surface area contributed by atoms with Crippen LogP contribution in [0.2, 0.25) is 0 Å². The van der Waals surface area contributed by atoms with Gasteiger partial charge in [0.05, 0.1) is 6.54 Å². The lowest BCUT2D eigenvalue weighted by atomic mass is 10.1. The predicted molar refractivity (Wildman–Crippen MR) is 87.2 cm³/mol. The molecule has 1 aromatic rings. The molecule has 0 unspecified atom stereocenters. The molecule has 0 saturated heterocycles. The van der Waals surface area contributed by atoms with E-state index >= 15 is 0 Å². The first kappa shape index (κ1) is 17.0. The van der Waals surface area contributed by atoms with Crippen molar-refractivity contribution >= 4 is 29.9 Å². The third-order valence-corrected chi connectivity index (χ3v) is 2.32. The smallest absolute Gasteiger partial charge is 0.190 e. The van der Waals surface area contributed by atoms with Crippen molar-refractivity contribution in [3.63, 3.8) is 0 Å². The average molecular weight is 363 g/mol. The molecule has 0 fully saturated rings. The van der Waals surface area contributed by atoms with Crippen molar-refractivity contribution in [2.45, 2.75) is 13.8 Å². The van der Waals surface area contributed by atoms with Crippen LogP contribution in [0.25, 0.3) is 0 Å². The van der Waals surface area contributed by atoms with Gasteiger partial charge in [0.2, 0.25) is 0 Å². The number of rotatable bonds is 4. The normalized spacial score (nSPS) is 10.6. The van der Waals surface area contributed by atoms with Gasteiger partial charge >= 0.3 is 0 Å². The van der Waals surface area contributed by atoms with Gasteiger partial charge in [-0.3, -0.25) is 4.99 Å². The second-order valence-electron chi connectivity index (χ2n) is 3.92. The molecule has 0 aromatic heterocycles. The van der Waals surface area contributed by atoms with E-state index in [9.17, 15) is 0 Å². The molecule has 1 aromatic carbocycles. The highest BCUT2D eigenvalue weighted by molar-refractivity contribution is 14.0. The van der Waals surface area contributed by atoms with Crippen LogP contribution in [0.1, 0.15) is 11.1 Å².